The lowest BCUT2D eigenvalue weighted by Crippen LogP contribution is -2.43. The summed E-state index contributed by atoms with van der Waals surface area (Å²) in [5.74, 6) is 2.04. The van der Waals surface area contributed by atoms with Gasteiger partial charge in [0.25, 0.3) is 0 Å². The number of fused-ring (bicyclic) bond motifs is 1. The number of hydrogen-bond donors (Lipinski definition) is 0. The molecule has 0 saturated carbocycles. The molecule has 0 aromatic heterocycles. The number of unbranched alkanes of at least 4 members (excludes halogenated alkanes) is 1. The lowest BCUT2D eigenvalue weighted by Gasteiger charge is -2.28. The minimum Gasteiger partial charge on any atom is -0.454 e. The number of aldehydes is 1. The molecule has 1 saturated heterocycles. The van der Waals surface area contributed by atoms with Crippen LogP contribution in [0.4, 0.5) is 0 Å². The average Bonchev–Trinajstić information content (AvgIpc) is 3.50. The van der Waals surface area contributed by atoms with Crippen LogP contribution in [-0.2, 0) is 14.3 Å². The minimum absolute atomic E-state index is 0.115. The molecule has 2 heterocycles. The van der Waals surface area contributed by atoms with Crippen molar-refractivity contribution in [3.8, 4) is 11.5 Å². The summed E-state index contributed by atoms with van der Waals surface area (Å²) in [6.45, 7) is 16.4. The summed E-state index contributed by atoms with van der Waals surface area (Å²) in [4.78, 5) is 28.0. The van der Waals surface area contributed by atoms with E-state index in [-0.39, 0.29) is 12.7 Å². The highest BCUT2D eigenvalue weighted by Gasteiger charge is 2.35. The van der Waals surface area contributed by atoms with Crippen molar-refractivity contribution >= 4 is 12.2 Å². The van der Waals surface area contributed by atoms with Gasteiger partial charge in [-0.15, -0.1) is 0 Å². The molecule has 2 aliphatic rings. The number of ether oxygens (including phenoxy) is 3. The number of amides is 1. The number of nitrogens with zero attached hydrogens (tertiary/aromatic N) is 2. The zero-order valence-corrected chi connectivity index (χ0v) is 24.8. The maximum Gasteiger partial charge on any atom is 0.238 e. The first kappa shape index (κ1) is 32.1. The number of hydrogen-bond acceptors (Lipinski definition) is 6. The highest BCUT2D eigenvalue weighted by Crippen LogP contribution is 2.39. The first-order chi connectivity index (χ1) is 18.2. The lowest BCUT2D eigenvalue weighted by atomic mass is 9.91. The van der Waals surface area contributed by atoms with E-state index < -0.39 is 0 Å². The summed E-state index contributed by atoms with van der Waals surface area (Å²) in [5.41, 5.74) is 1.77. The Morgan fingerprint density at radius 1 is 1.13 bits per heavy atom. The van der Waals surface area contributed by atoms with E-state index in [1.54, 1.807) is 0 Å². The van der Waals surface area contributed by atoms with Gasteiger partial charge in [-0.05, 0) is 67.6 Å². The topological polar surface area (TPSA) is 68.3 Å². The van der Waals surface area contributed by atoms with Gasteiger partial charge in [0.15, 0.2) is 11.5 Å². The van der Waals surface area contributed by atoms with Crippen LogP contribution >= 0.6 is 0 Å². The summed E-state index contributed by atoms with van der Waals surface area (Å²) < 4.78 is 16.6. The van der Waals surface area contributed by atoms with E-state index in [4.69, 9.17) is 14.2 Å². The van der Waals surface area contributed by atoms with E-state index in [2.05, 4.69) is 58.6 Å². The van der Waals surface area contributed by atoms with Crippen LogP contribution in [0.1, 0.15) is 104 Å². The highest BCUT2D eigenvalue weighted by molar-refractivity contribution is 5.78. The molecule has 0 bridgehead atoms. The van der Waals surface area contributed by atoms with Crippen LogP contribution in [0.25, 0.3) is 0 Å². The van der Waals surface area contributed by atoms with Crippen LogP contribution in [0.3, 0.4) is 0 Å². The van der Waals surface area contributed by atoms with Crippen molar-refractivity contribution in [2.24, 2.45) is 5.41 Å². The largest absolute Gasteiger partial charge is 0.454 e. The van der Waals surface area contributed by atoms with Gasteiger partial charge < -0.3 is 23.9 Å². The Kier molecular flexibility index (Phi) is 14.2. The molecule has 1 fully saturated rings. The lowest BCUT2D eigenvalue weighted by molar-refractivity contribution is -0.138. The van der Waals surface area contributed by atoms with Crippen molar-refractivity contribution in [2.75, 3.05) is 39.8 Å². The molecule has 0 radical (unpaired) electrons. The van der Waals surface area contributed by atoms with Gasteiger partial charge in [0, 0.05) is 32.2 Å². The molecule has 3 rings (SSSR count). The van der Waals surface area contributed by atoms with Crippen LogP contribution < -0.4 is 9.47 Å². The van der Waals surface area contributed by atoms with E-state index in [9.17, 15) is 9.59 Å². The molecule has 2 atom stereocenters. The second-order valence-corrected chi connectivity index (χ2v) is 11.7. The van der Waals surface area contributed by atoms with Gasteiger partial charge in [0.1, 0.15) is 13.0 Å². The van der Waals surface area contributed by atoms with Crippen LogP contribution in [-0.4, -0.2) is 67.8 Å². The van der Waals surface area contributed by atoms with Crippen molar-refractivity contribution < 1.29 is 23.8 Å². The van der Waals surface area contributed by atoms with Gasteiger partial charge in [-0.25, -0.2) is 0 Å². The van der Waals surface area contributed by atoms with Gasteiger partial charge in [-0.3, -0.25) is 9.69 Å². The van der Waals surface area contributed by atoms with Crippen LogP contribution in [0, 0.1) is 5.41 Å². The normalized spacial score (nSPS) is 18.7. The fraction of sp³-hybridized carbons (Fsp3) is 0.742. The second kappa shape index (κ2) is 16.8. The summed E-state index contributed by atoms with van der Waals surface area (Å²) in [6.07, 6.45) is 8.80. The fourth-order valence-corrected chi connectivity index (χ4v) is 5.20. The van der Waals surface area contributed by atoms with E-state index in [1.807, 2.05) is 11.0 Å². The fourth-order valence-electron chi connectivity index (χ4n) is 5.20. The molecule has 7 nitrogen and oxygen atoms in total. The summed E-state index contributed by atoms with van der Waals surface area (Å²) in [7, 11) is 0. The predicted molar refractivity (Wildman–Crippen MR) is 153 cm³/mol. The van der Waals surface area contributed by atoms with E-state index in [0.717, 1.165) is 56.4 Å². The van der Waals surface area contributed by atoms with Gasteiger partial charge in [-0.2, -0.15) is 0 Å². The Morgan fingerprint density at radius 3 is 2.53 bits per heavy atom. The highest BCUT2D eigenvalue weighted by atomic mass is 16.7. The Bertz CT molecular complexity index is 838. The maximum atomic E-state index is 13.1. The predicted octanol–water partition coefficient (Wildman–Crippen LogP) is 6.40. The van der Waals surface area contributed by atoms with E-state index in [1.165, 1.54) is 18.4 Å². The number of rotatable bonds is 14. The van der Waals surface area contributed by atoms with E-state index >= 15 is 0 Å². The summed E-state index contributed by atoms with van der Waals surface area (Å²) in [5, 5.41) is 0. The molecule has 1 aromatic carbocycles. The standard InChI is InChI=1S/C24H36N2O5.C7H16/c1-3-10-25(17-29-12-4-2)24(28)16-26-15-20(13-21(26)7-5-6-11-27)19-8-9-22-23(14-19)31-18-30-22;1-5-6-7(2,3)4/h8-9,11,14,20-21H,3-7,10,12-13,15-18H2,1-2H3;5-6H2,1-4H3. The van der Waals surface area contributed by atoms with Crippen LogP contribution in [0.2, 0.25) is 0 Å². The van der Waals surface area contributed by atoms with Crippen molar-refractivity contribution in [1.29, 1.82) is 0 Å². The monoisotopic (exact) mass is 532 g/mol. The first-order valence-corrected chi connectivity index (χ1v) is 14.6. The van der Waals surface area contributed by atoms with Crippen molar-refractivity contribution in [1.82, 2.24) is 9.80 Å². The molecule has 0 N–H and O–H groups in total. The Labute approximate surface area is 231 Å². The summed E-state index contributed by atoms with van der Waals surface area (Å²) >= 11 is 0. The Balaban J connectivity index is 0.000000638. The third-order valence-electron chi connectivity index (χ3n) is 7.04. The molecule has 38 heavy (non-hydrogen) atoms. The maximum absolute atomic E-state index is 13.1. The minimum atomic E-state index is 0.115. The number of likely N-dealkylation sites (tertiary alicyclic amines) is 1. The summed E-state index contributed by atoms with van der Waals surface area (Å²) in [6, 6.07) is 6.44. The smallest absolute Gasteiger partial charge is 0.238 e. The number of benzene rings is 1. The van der Waals surface area contributed by atoms with Gasteiger partial charge >= 0.3 is 0 Å². The SMILES string of the molecule is CCCC(C)(C)C.CCCOCN(CCC)C(=O)CN1CC(c2ccc3c(c2)OCO3)CC1CCCC=O. The Morgan fingerprint density at radius 2 is 1.89 bits per heavy atom. The number of carbonyl (C=O) groups excluding carboxylic acids is 2. The molecule has 7 heteroatoms. The quantitative estimate of drug-likeness (QED) is 0.157. The molecule has 2 unspecified atom stereocenters. The van der Waals surface area contributed by atoms with Crippen LogP contribution in [0.15, 0.2) is 18.2 Å². The zero-order chi connectivity index (χ0) is 28.0. The van der Waals surface area contributed by atoms with Crippen molar-refractivity contribution in [2.45, 2.75) is 105 Å². The second-order valence-electron chi connectivity index (χ2n) is 11.7. The van der Waals surface area contributed by atoms with Gasteiger partial charge in [0.05, 0.1) is 6.54 Å². The molecule has 216 valence electrons. The van der Waals surface area contributed by atoms with Crippen molar-refractivity contribution in [3.05, 3.63) is 23.8 Å². The van der Waals surface area contributed by atoms with Crippen LogP contribution in [0.5, 0.6) is 11.5 Å². The number of carbonyl (C=O) groups is 2. The first-order valence-electron chi connectivity index (χ1n) is 14.6. The third kappa shape index (κ3) is 10.9. The van der Waals surface area contributed by atoms with Crippen molar-refractivity contribution in [3.63, 3.8) is 0 Å². The molecule has 0 aliphatic carbocycles. The molecular weight excluding hydrogens is 480 g/mol. The van der Waals surface area contributed by atoms with Gasteiger partial charge in [0.2, 0.25) is 12.7 Å². The van der Waals surface area contributed by atoms with Gasteiger partial charge in [-0.1, -0.05) is 54.0 Å². The zero-order valence-electron chi connectivity index (χ0n) is 24.8. The molecule has 1 aromatic rings. The molecule has 0 spiro atoms. The average molecular weight is 533 g/mol. The Hall–Kier alpha value is -2.12. The molecule has 1 amide bonds. The third-order valence-corrected chi connectivity index (χ3v) is 7.04. The molecular formula is C31H52N2O5. The molecule has 2 aliphatic heterocycles. The van der Waals surface area contributed by atoms with E-state index in [0.29, 0.717) is 50.2 Å².